The Hall–Kier alpha value is -2.91. The van der Waals surface area contributed by atoms with Gasteiger partial charge < -0.3 is 10.2 Å². The maximum atomic E-state index is 11.8. The quantitative estimate of drug-likeness (QED) is 0.734. The lowest BCUT2D eigenvalue weighted by Gasteiger charge is -2.09. The second kappa shape index (κ2) is 6.03. The molecule has 3 N–H and O–H groups in total. The van der Waals surface area contributed by atoms with Crippen molar-refractivity contribution in [2.24, 2.45) is 0 Å². The van der Waals surface area contributed by atoms with Gasteiger partial charge in [-0.15, -0.1) is 5.10 Å². The standard InChI is InChI=1S/C11H16N8O2/c1-7-4-8(16-15-7)13-10(20)6-19-12-5-9(17-19)14-11(21)18(2)3/h4-5H,6H2,1-3H3,(H,14,17,21)(H2,13,15,16,20). The predicted octanol–water partition coefficient (Wildman–Crippen LogP) is 0.0418. The largest absolute Gasteiger partial charge is 0.331 e. The number of carbonyl (C=O) groups excluding carboxylic acids is 2. The van der Waals surface area contributed by atoms with Crippen molar-refractivity contribution in [3.8, 4) is 0 Å². The molecule has 0 aromatic carbocycles. The molecule has 0 radical (unpaired) electrons. The fourth-order valence-electron chi connectivity index (χ4n) is 1.45. The highest BCUT2D eigenvalue weighted by atomic mass is 16.2. The van der Waals surface area contributed by atoms with Crippen molar-refractivity contribution in [2.45, 2.75) is 13.5 Å². The smallest absolute Gasteiger partial charge is 0.322 e. The summed E-state index contributed by atoms with van der Waals surface area (Å²) in [6.45, 7) is 1.75. The topological polar surface area (TPSA) is 121 Å². The number of anilines is 2. The summed E-state index contributed by atoms with van der Waals surface area (Å²) in [5, 5.41) is 19.6. The molecular formula is C11H16N8O2. The van der Waals surface area contributed by atoms with Crippen LogP contribution in [0.15, 0.2) is 12.3 Å². The Morgan fingerprint density at radius 3 is 2.71 bits per heavy atom. The molecule has 3 amide bonds. The first kappa shape index (κ1) is 14.5. The highest BCUT2D eigenvalue weighted by Gasteiger charge is 2.10. The molecule has 0 bridgehead atoms. The minimum absolute atomic E-state index is 0.0796. The second-order valence-electron chi connectivity index (χ2n) is 4.57. The van der Waals surface area contributed by atoms with Crippen LogP contribution in [0.5, 0.6) is 0 Å². The van der Waals surface area contributed by atoms with Crippen molar-refractivity contribution >= 4 is 23.6 Å². The number of urea groups is 1. The number of H-pyrrole nitrogens is 1. The van der Waals surface area contributed by atoms with Gasteiger partial charge in [0.1, 0.15) is 6.54 Å². The van der Waals surface area contributed by atoms with E-state index in [1.165, 1.54) is 15.9 Å². The third-order valence-electron chi connectivity index (χ3n) is 2.44. The van der Waals surface area contributed by atoms with E-state index >= 15 is 0 Å². The van der Waals surface area contributed by atoms with Gasteiger partial charge in [-0.3, -0.25) is 15.2 Å². The molecule has 0 atom stereocenters. The van der Waals surface area contributed by atoms with Crippen LogP contribution < -0.4 is 10.6 Å². The Balaban J connectivity index is 1.90. The Morgan fingerprint density at radius 1 is 1.33 bits per heavy atom. The van der Waals surface area contributed by atoms with Gasteiger partial charge in [0.15, 0.2) is 11.6 Å². The fraction of sp³-hybridized carbons (Fsp3) is 0.364. The lowest BCUT2D eigenvalue weighted by atomic mass is 10.4. The predicted molar refractivity (Wildman–Crippen MR) is 74.7 cm³/mol. The zero-order valence-corrected chi connectivity index (χ0v) is 11.9. The van der Waals surface area contributed by atoms with Crippen LogP contribution in [0.3, 0.4) is 0 Å². The molecule has 21 heavy (non-hydrogen) atoms. The van der Waals surface area contributed by atoms with Crippen molar-refractivity contribution in [1.82, 2.24) is 30.1 Å². The maximum Gasteiger partial charge on any atom is 0.322 e. The third-order valence-corrected chi connectivity index (χ3v) is 2.44. The van der Waals surface area contributed by atoms with E-state index in [4.69, 9.17) is 0 Å². The lowest BCUT2D eigenvalue weighted by molar-refractivity contribution is -0.117. The summed E-state index contributed by atoms with van der Waals surface area (Å²) in [4.78, 5) is 25.8. The summed E-state index contributed by atoms with van der Waals surface area (Å²) >= 11 is 0. The van der Waals surface area contributed by atoms with Crippen molar-refractivity contribution in [2.75, 3.05) is 24.7 Å². The molecule has 0 saturated heterocycles. The average molecular weight is 292 g/mol. The summed E-state index contributed by atoms with van der Waals surface area (Å²) in [7, 11) is 3.22. The molecule has 2 aromatic heterocycles. The van der Waals surface area contributed by atoms with Crippen molar-refractivity contribution in [1.29, 1.82) is 0 Å². The van der Waals surface area contributed by atoms with Gasteiger partial charge in [-0.2, -0.15) is 15.0 Å². The highest BCUT2D eigenvalue weighted by Crippen LogP contribution is 2.04. The second-order valence-corrected chi connectivity index (χ2v) is 4.57. The third kappa shape index (κ3) is 4.03. The van der Waals surface area contributed by atoms with Gasteiger partial charge in [0.2, 0.25) is 5.91 Å². The number of rotatable bonds is 4. The Labute approximate surface area is 120 Å². The van der Waals surface area contributed by atoms with Crippen molar-refractivity contribution in [3.05, 3.63) is 18.0 Å². The summed E-state index contributed by atoms with van der Waals surface area (Å²) in [5.41, 5.74) is 0.844. The van der Waals surface area contributed by atoms with E-state index in [0.717, 1.165) is 5.69 Å². The molecule has 0 saturated carbocycles. The molecule has 0 aliphatic rings. The van der Waals surface area contributed by atoms with Gasteiger partial charge in [-0.05, 0) is 6.92 Å². The van der Waals surface area contributed by atoms with Gasteiger partial charge in [0, 0.05) is 25.9 Å². The summed E-state index contributed by atoms with van der Waals surface area (Å²) in [6.07, 6.45) is 1.37. The number of hydrogen-bond donors (Lipinski definition) is 3. The number of nitrogens with one attached hydrogen (secondary N) is 3. The van der Waals surface area contributed by atoms with Gasteiger partial charge in [-0.1, -0.05) is 0 Å². The normalized spacial score (nSPS) is 10.2. The SMILES string of the molecule is Cc1cc(NC(=O)Cn2ncc(NC(=O)N(C)C)n2)n[nH]1. The Bertz CT molecular complexity index is 644. The van der Waals surface area contributed by atoms with E-state index in [-0.39, 0.29) is 24.3 Å². The minimum Gasteiger partial charge on any atom is -0.331 e. The summed E-state index contributed by atoms with van der Waals surface area (Å²) in [6, 6.07) is 1.38. The van der Waals surface area contributed by atoms with Crippen LogP contribution in [-0.2, 0) is 11.3 Å². The van der Waals surface area contributed by atoms with Crippen LogP contribution in [0.1, 0.15) is 5.69 Å². The Kier molecular flexibility index (Phi) is 4.16. The van der Waals surface area contributed by atoms with Gasteiger partial charge in [0.05, 0.1) is 6.20 Å². The van der Waals surface area contributed by atoms with Crippen LogP contribution in [0.2, 0.25) is 0 Å². The molecule has 0 aliphatic heterocycles. The van der Waals surface area contributed by atoms with Gasteiger partial charge in [0.25, 0.3) is 0 Å². The van der Waals surface area contributed by atoms with Crippen molar-refractivity contribution < 1.29 is 9.59 Å². The number of aromatic amines is 1. The molecule has 0 unspecified atom stereocenters. The number of nitrogens with zero attached hydrogens (tertiary/aromatic N) is 5. The first-order chi connectivity index (χ1) is 9.94. The van der Waals surface area contributed by atoms with E-state index in [9.17, 15) is 9.59 Å². The number of aromatic nitrogens is 5. The molecule has 2 rings (SSSR count). The van der Waals surface area contributed by atoms with Gasteiger partial charge in [-0.25, -0.2) is 4.79 Å². The molecule has 0 aliphatic carbocycles. The van der Waals surface area contributed by atoms with E-state index in [0.29, 0.717) is 5.82 Å². The van der Waals surface area contributed by atoms with E-state index in [1.807, 2.05) is 6.92 Å². The molecular weight excluding hydrogens is 276 g/mol. The van der Waals surface area contributed by atoms with Crippen LogP contribution in [0, 0.1) is 6.92 Å². The van der Waals surface area contributed by atoms with E-state index < -0.39 is 0 Å². The first-order valence-corrected chi connectivity index (χ1v) is 6.14. The molecule has 0 fully saturated rings. The molecule has 2 aromatic rings. The zero-order valence-electron chi connectivity index (χ0n) is 11.9. The minimum atomic E-state index is -0.321. The van der Waals surface area contributed by atoms with E-state index in [2.05, 4.69) is 31.0 Å². The molecule has 10 heteroatoms. The number of hydrogen-bond acceptors (Lipinski definition) is 5. The average Bonchev–Trinajstić information content (AvgIpc) is 2.99. The Morgan fingerprint density at radius 2 is 2.10 bits per heavy atom. The number of carbonyl (C=O) groups is 2. The first-order valence-electron chi connectivity index (χ1n) is 6.14. The maximum absolute atomic E-state index is 11.8. The molecule has 2 heterocycles. The lowest BCUT2D eigenvalue weighted by Crippen LogP contribution is -2.27. The van der Waals surface area contributed by atoms with Crippen LogP contribution >= 0.6 is 0 Å². The molecule has 112 valence electrons. The highest BCUT2D eigenvalue weighted by molar-refractivity contribution is 5.89. The number of amides is 3. The number of aryl methyl sites for hydroxylation is 1. The monoisotopic (exact) mass is 292 g/mol. The van der Waals surface area contributed by atoms with Crippen LogP contribution in [0.4, 0.5) is 16.4 Å². The fourth-order valence-corrected chi connectivity index (χ4v) is 1.45. The van der Waals surface area contributed by atoms with Crippen LogP contribution in [0.25, 0.3) is 0 Å². The molecule has 10 nitrogen and oxygen atoms in total. The zero-order chi connectivity index (χ0) is 15.4. The van der Waals surface area contributed by atoms with E-state index in [1.54, 1.807) is 20.2 Å². The summed E-state index contributed by atoms with van der Waals surface area (Å²) < 4.78 is 0. The summed E-state index contributed by atoms with van der Waals surface area (Å²) in [5.74, 6) is 0.394. The molecule has 0 spiro atoms. The van der Waals surface area contributed by atoms with Gasteiger partial charge >= 0.3 is 6.03 Å². The van der Waals surface area contributed by atoms with Crippen molar-refractivity contribution in [3.63, 3.8) is 0 Å². The van der Waals surface area contributed by atoms with Crippen LogP contribution in [-0.4, -0.2) is 56.1 Å².